The highest BCUT2D eigenvalue weighted by molar-refractivity contribution is 7.86. The minimum Gasteiger partial charge on any atom is -0.506 e. The predicted octanol–water partition coefficient (Wildman–Crippen LogP) is 5.11. The van der Waals surface area contributed by atoms with Gasteiger partial charge in [-0.2, -0.15) is 8.42 Å². The van der Waals surface area contributed by atoms with E-state index in [0.717, 1.165) is 10.3 Å². The van der Waals surface area contributed by atoms with Gasteiger partial charge in [-0.25, -0.2) is 0 Å². The number of nitrogens with zero attached hydrogens (tertiary/aromatic N) is 2. The quantitative estimate of drug-likeness (QED) is 0.330. The third-order valence-corrected chi connectivity index (χ3v) is 5.04. The highest BCUT2D eigenvalue weighted by Gasteiger charge is 2.18. The lowest BCUT2D eigenvalue weighted by molar-refractivity contribution is 0.477. The van der Waals surface area contributed by atoms with Crippen LogP contribution in [0.4, 0.5) is 11.4 Å². The number of hydrogen-bond donors (Lipinski definition) is 3. The summed E-state index contributed by atoms with van der Waals surface area (Å²) in [7, 11) is -4.47. The Labute approximate surface area is 156 Å². The molecule has 0 aliphatic rings. The van der Waals surface area contributed by atoms with E-state index in [9.17, 15) is 18.1 Å². The molecule has 26 heavy (non-hydrogen) atoms. The average Bonchev–Trinajstić information content (AvgIpc) is 2.54. The van der Waals surface area contributed by atoms with Crippen molar-refractivity contribution in [3.63, 3.8) is 0 Å². The number of phenols is 1. The van der Waals surface area contributed by atoms with E-state index >= 15 is 0 Å². The minimum absolute atomic E-state index is 0.0281. The van der Waals surface area contributed by atoms with Crippen molar-refractivity contribution < 1.29 is 18.1 Å². The van der Waals surface area contributed by atoms with Gasteiger partial charge >= 0.3 is 0 Å². The molecule has 3 aromatic rings. The van der Waals surface area contributed by atoms with Crippen molar-refractivity contribution in [2.75, 3.05) is 0 Å². The van der Waals surface area contributed by atoms with Crippen molar-refractivity contribution >= 4 is 44.9 Å². The minimum atomic E-state index is -4.47. The maximum absolute atomic E-state index is 11.7. The lowest BCUT2D eigenvalue weighted by atomic mass is 10.1. The van der Waals surface area contributed by atoms with Gasteiger partial charge in [0.25, 0.3) is 10.1 Å². The van der Waals surface area contributed by atoms with E-state index in [-0.39, 0.29) is 22.0 Å². The van der Waals surface area contributed by atoms with Gasteiger partial charge in [0.2, 0.25) is 0 Å². The average molecular weight is 388 g/mol. The molecule has 3 rings (SSSR count). The maximum Gasteiger partial charge on any atom is 0.296 e. The van der Waals surface area contributed by atoms with E-state index in [1.54, 1.807) is 38.1 Å². The number of aromatic hydroxyl groups is 1. The fourth-order valence-corrected chi connectivity index (χ4v) is 3.73. The van der Waals surface area contributed by atoms with Crippen molar-refractivity contribution in [3.8, 4) is 5.75 Å². The first kappa shape index (κ1) is 18.4. The molecule has 0 radical (unpaired) electrons. The molecule has 0 aromatic heterocycles. The number of benzene rings is 3. The molecule has 0 heterocycles. The zero-order chi connectivity index (χ0) is 19.1. The molecule has 2 N–H and O–H groups in total. The lowest BCUT2D eigenvalue weighted by Crippen LogP contribution is -2.00. The SMILES string of the molecule is Cc1cc(C)c(/N=N/c2c(O)ccc3cc(S)ccc23)c(S(=O)(=O)O)c1. The molecule has 3 aromatic carbocycles. The normalized spacial score (nSPS) is 12.2. The van der Waals surface area contributed by atoms with E-state index in [0.29, 0.717) is 16.5 Å². The number of fused-ring (bicyclic) bond motifs is 1. The molecular formula is C18H16N2O4S2. The van der Waals surface area contributed by atoms with Gasteiger partial charge in [-0.1, -0.05) is 18.2 Å². The Kier molecular flexibility index (Phi) is 4.74. The fraction of sp³-hybridized carbons (Fsp3) is 0.111. The molecule has 134 valence electrons. The van der Waals surface area contributed by atoms with Gasteiger partial charge < -0.3 is 5.11 Å². The predicted molar refractivity (Wildman–Crippen MR) is 103 cm³/mol. The van der Waals surface area contributed by atoms with E-state index in [1.807, 2.05) is 6.07 Å². The van der Waals surface area contributed by atoms with Crippen LogP contribution < -0.4 is 0 Å². The largest absolute Gasteiger partial charge is 0.506 e. The molecule has 0 bridgehead atoms. The number of azo groups is 1. The van der Waals surface area contributed by atoms with Crippen LogP contribution in [-0.4, -0.2) is 18.1 Å². The fourth-order valence-electron chi connectivity index (χ4n) is 2.74. The third-order valence-electron chi connectivity index (χ3n) is 3.89. The second-order valence-electron chi connectivity index (χ2n) is 5.94. The smallest absolute Gasteiger partial charge is 0.296 e. The summed E-state index contributed by atoms with van der Waals surface area (Å²) in [6, 6.07) is 11.6. The molecule has 0 fully saturated rings. The molecule has 8 heteroatoms. The second kappa shape index (κ2) is 6.71. The summed E-state index contributed by atoms with van der Waals surface area (Å²) in [5, 5.41) is 19.7. The molecule has 0 aliphatic heterocycles. The van der Waals surface area contributed by atoms with Crippen molar-refractivity contribution in [2.45, 2.75) is 23.6 Å². The van der Waals surface area contributed by atoms with Gasteiger partial charge in [-0.05, 0) is 54.6 Å². The number of aryl methyl sites for hydroxylation is 2. The topological polar surface area (TPSA) is 99.3 Å². The summed E-state index contributed by atoms with van der Waals surface area (Å²) in [4.78, 5) is 0.435. The highest BCUT2D eigenvalue weighted by atomic mass is 32.2. The zero-order valence-electron chi connectivity index (χ0n) is 14.0. The van der Waals surface area contributed by atoms with Crippen molar-refractivity contribution in [1.29, 1.82) is 0 Å². The van der Waals surface area contributed by atoms with E-state index < -0.39 is 10.1 Å². The summed E-state index contributed by atoms with van der Waals surface area (Å²) in [6.07, 6.45) is 0. The molecule has 0 saturated carbocycles. The summed E-state index contributed by atoms with van der Waals surface area (Å²) < 4.78 is 32.9. The van der Waals surface area contributed by atoms with E-state index in [4.69, 9.17) is 0 Å². The number of thiol groups is 1. The summed E-state index contributed by atoms with van der Waals surface area (Å²) in [5.74, 6) is -0.0914. The molecule has 6 nitrogen and oxygen atoms in total. The van der Waals surface area contributed by atoms with Crippen molar-refractivity contribution in [2.24, 2.45) is 10.2 Å². The van der Waals surface area contributed by atoms with Crippen LogP contribution in [-0.2, 0) is 10.1 Å². The molecule has 0 amide bonds. The van der Waals surface area contributed by atoms with Crippen LogP contribution in [0.15, 0.2) is 62.5 Å². The van der Waals surface area contributed by atoms with E-state index in [2.05, 4.69) is 22.9 Å². The third kappa shape index (κ3) is 3.57. The zero-order valence-corrected chi connectivity index (χ0v) is 15.7. The molecule has 0 aliphatic carbocycles. The van der Waals surface area contributed by atoms with Gasteiger partial charge in [0.15, 0.2) is 0 Å². The van der Waals surface area contributed by atoms with Gasteiger partial charge in [0.05, 0.1) is 0 Å². The number of phenolic OH excluding ortho intramolecular Hbond substituents is 1. The van der Waals surface area contributed by atoms with Gasteiger partial charge in [-0.3, -0.25) is 4.55 Å². The monoisotopic (exact) mass is 388 g/mol. The first-order valence-electron chi connectivity index (χ1n) is 7.62. The number of rotatable bonds is 3. The van der Waals surface area contributed by atoms with Gasteiger partial charge in [0, 0.05) is 10.3 Å². The van der Waals surface area contributed by atoms with Crippen LogP contribution in [0.25, 0.3) is 10.8 Å². The summed E-state index contributed by atoms with van der Waals surface area (Å²) in [6.45, 7) is 3.39. The molecule has 0 unspecified atom stereocenters. The van der Waals surface area contributed by atoms with Crippen molar-refractivity contribution in [3.05, 3.63) is 53.6 Å². The standard InChI is InChI=1S/C18H16N2O4S2/c1-10-7-11(2)17(16(8-10)26(22,23)24)19-20-18-14-5-4-13(25)9-12(14)3-6-15(18)21/h3-9,21,25H,1-2H3,(H,22,23,24)/b20-19+. The Bertz CT molecular complexity index is 1160. The Balaban J connectivity index is 2.21. The van der Waals surface area contributed by atoms with Crippen molar-refractivity contribution in [1.82, 2.24) is 0 Å². The van der Waals surface area contributed by atoms with Crippen LogP contribution in [0, 0.1) is 13.8 Å². The number of hydrogen-bond acceptors (Lipinski definition) is 6. The van der Waals surface area contributed by atoms with E-state index in [1.165, 1.54) is 12.1 Å². The van der Waals surface area contributed by atoms with Crippen LogP contribution in [0.1, 0.15) is 11.1 Å². The van der Waals surface area contributed by atoms with Crippen LogP contribution in [0.2, 0.25) is 0 Å². The Morgan fingerprint density at radius 2 is 1.65 bits per heavy atom. The van der Waals surface area contributed by atoms with Crippen LogP contribution in [0.5, 0.6) is 5.75 Å². The Morgan fingerprint density at radius 3 is 2.35 bits per heavy atom. The summed E-state index contributed by atoms with van der Waals surface area (Å²) >= 11 is 4.29. The first-order chi connectivity index (χ1) is 12.2. The second-order valence-corrected chi connectivity index (χ2v) is 7.85. The van der Waals surface area contributed by atoms with Crippen LogP contribution >= 0.6 is 12.6 Å². The van der Waals surface area contributed by atoms with Gasteiger partial charge in [-0.15, -0.1) is 22.9 Å². The summed E-state index contributed by atoms with van der Waals surface area (Å²) in [5.41, 5.74) is 1.44. The molecular weight excluding hydrogens is 372 g/mol. The molecule has 0 atom stereocenters. The molecule has 0 saturated heterocycles. The Morgan fingerprint density at radius 1 is 0.962 bits per heavy atom. The first-order valence-corrected chi connectivity index (χ1v) is 9.51. The maximum atomic E-state index is 11.7. The molecule has 0 spiro atoms. The van der Waals surface area contributed by atoms with Gasteiger partial charge in [0.1, 0.15) is 22.0 Å². The van der Waals surface area contributed by atoms with Crippen LogP contribution in [0.3, 0.4) is 0 Å². The Hall–Kier alpha value is -2.42. The lowest BCUT2D eigenvalue weighted by Gasteiger charge is -2.08. The highest BCUT2D eigenvalue weighted by Crippen LogP contribution is 2.38.